The second kappa shape index (κ2) is 6.59. The van der Waals surface area contributed by atoms with Crippen molar-refractivity contribution in [1.29, 1.82) is 0 Å². The van der Waals surface area contributed by atoms with Crippen molar-refractivity contribution in [3.05, 3.63) is 23.8 Å². The third kappa shape index (κ3) is 2.68. The van der Waals surface area contributed by atoms with Gasteiger partial charge in [0.15, 0.2) is 11.5 Å². The van der Waals surface area contributed by atoms with Crippen LogP contribution in [0.5, 0.6) is 0 Å². The first kappa shape index (κ1) is 18.4. The van der Waals surface area contributed by atoms with Crippen LogP contribution >= 0.6 is 0 Å². The molecule has 2 aliphatic heterocycles. The minimum Gasteiger partial charge on any atom is -0.469 e. The maximum absolute atomic E-state index is 13.4. The van der Waals surface area contributed by atoms with E-state index in [4.69, 9.17) is 4.74 Å². The normalized spacial score (nSPS) is 40.4. The maximum Gasteiger partial charge on any atom is 0.314 e. The van der Waals surface area contributed by atoms with E-state index in [0.717, 1.165) is 19.3 Å². The molecule has 146 valence electrons. The lowest BCUT2D eigenvalue weighted by Gasteiger charge is -2.40. The molecule has 0 bridgehead atoms. The molecule has 1 saturated carbocycles. The zero-order chi connectivity index (χ0) is 19.3. The number of aliphatic hydroxyl groups is 1. The summed E-state index contributed by atoms with van der Waals surface area (Å²) in [7, 11) is 1.26. The SMILES string of the molecule is COC(=O)[C@@H]1CCN2C(=O)C(C(=O)[C@@H]3C4CCCCC4C=C[C@@H]3C)=C[C@]12O. The molecule has 2 fully saturated rings. The standard InChI is InChI=1S/C21H27NO5/c1-12-7-8-13-5-3-4-6-14(13)17(12)18(23)15-11-21(26)16(20(25)27-2)9-10-22(21)19(15)24/h7-8,11-14,16-17,26H,3-6,9-10H2,1-2H3/t12-,13?,14?,16-,17-,21-/m0/s1. The van der Waals surface area contributed by atoms with Gasteiger partial charge in [-0.25, -0.2) is 0 Å². The fourth-order valence-electron chi connectivity index (χ4n) is 5.62. The zero-order valence-corrected chi connectivity index (χ0v) is 15.9. The first-order chi connectivity index (χ1) is 12.9. The molecule has 0 radical (unpaired) electrons. The predicted octanol–water partition coefficient (Wildman–Crippen LogP) is 1.83. The lowest BCUT2D eigenvalue weighted by molar-refractivity contribution is -0.159. The number of esters is 1. The monoisotopic (exact) mass is 373 g/mol. The molecule has 0 aromatic heterocycles. The van der Waals surface area contributed by atoms with Crippen molar-refractivity contribution < 1.29 is 24.2 Å². The number of fused-ring (bicyclic) bond motifs is 2. The minimum atomic E-state index is -1.74. The fraction of sp³-hybridized carbons (Fsp3) is 0.667. The summed E-state index contributed by atoms with van der Waals surface area (Å²) < 4.78 is 4.78. The molecule has 0 spiro atoms. The van der Waals surface area contributed by atoms with Crippen molar-refractivity contribution in [1.82, 2.24) is 4.90 Å². The molecule has 2 aliphatic carbocycles. The van der Waals surface area contributed by atoms with E-state index in [1.807, 2.05) is 6.92 Å². The van der Waals surface area contributed by atoms with Gasteiger partial charge in [0, 0.05) is 12.5 Å². The summed E-state index contributed by atoms with van der Waals surface area (Å²) in [6, 6.07) is 0. The van der Waals surface area contributed by atoms with Crippen LogP contribution in [0.3, 0.4) is 0 Å². The maximum atomic E-state index is 13.4. The van der Waals surface area contributed by atoms with E-state index in [1.54, 1.807) is 0 Å². The number of ether oxygens (including phenoxy) is 1. The minimum absolute atomic E-state index is 0.0441. The van der Waals surface area contributed by atoms with E-state index in [1.165, 1.54) is 24.5 Å². The second-order valence-corrected chi connectivity index (χ2v) is 8.41. The number of carbonyl (C=O) groups excluding carboxylic acids is 3. The third-order valence-corrected chi connectivity index (χ3v) is 7.04. The number of methoxy groups -OCH3 is 1. The van der Waals surface area contributed by atoms with Gasteiger partial charge in [-0.3, -0.25) is 14.4 Å². The summed E-state index contributed by atoms with van der Waals surface area (Å²) in [4.78, 5) is 39.6. The average molecular weight is 373 g/mol. The number of carbonyl (C=O) groups is 3. The van der Waals surface area contributed by atoms with Crippen LogP contribution in [0.25, 0.3) is 0 Å². The van der Waals surface area contributed by atoms with Crippen LogP contribution in [0.2, 0.25) is 0 Å². The molecule has 2 unspecified atom stereocenters. The Kier molecular flexibility index (Phi) is 4.49. The van der Waals surface area contributed by atoms with Gasteiger partial charge in [0.05, 0.1) is 12.7 Å². The van der Waals surface area contributed by atoms with Gasteiger partial charge < -0.3 is 14.7 Å². The Morgan fingerprint density at radius 3 is 2.70 bits per heavy atom. The van der Waals surface area contributed by atoms with Crippen LogP contribution in [0, 0.1) is 29.6 Å². The van der Waals surface area contributed by atoms with Crippen LogP contribution in [-0.4, -0.2) is 47.0 Å². The number of nitrogens with zero attached hydrogens (tertiary/aromatic N) is 1. The van der Waals surface area contributed by atoms with Gasteiger partial charge in [-0.15, -0.1) is 0 Å². The number of hydrogen-bond acceptors (Lipinski definition) is 5. The molecule has 6 nitrogen and oxygen atoms in total. The summed E-state index contributed by atoms with van der Waals surface area (Å²) in [6.45, 7) is 2.27. The van der Waals surface area contributed by atoms with Crippen LogP contribution in [0.4, 0.5) is 0 Å². The molecular formula is C21H27NO5. The van der Waals surface area contributed by atoms with Gasteiger partial charge in [0.25, 0.3) is 5.91 Å². The molecule has 1 N–H and O–H groups in total. The van der Waals surface area contributed by atoms with Crippen LogP contribution in [-0.2, 0) is 19.1 Å². The molecule has 4 rings (SSSR count). The number of allylic oxidation sites excluding steroid dienone is 2. The van der Waals surface area contributed by atoms with E-state index in [9.17, 15) is 19.5 Å². The molecule has 27 heavy (non-hydrogen) atoms. The number of hydrogen-bond donors (Lipinski definition) is 1. The first-order valence-corrected chi connectivity index (χ1v) is 9.96. The molecule has 4 aliphatic rings. The highest BCUT2D eigenvalue weighted by Crippen LogP contribution is 2.47. The Morgan fingerprint density at radius 1 is 1.22 bits per heavy atom. The van der Waals surface area contributed by atoms with Crippen molar-refractivity contribution in [2.75, 3.05) is 13.7 Å². The van der Waals surface area contributed by atoms with E-state index in [-0.39, 0.29) is 35.7 Å². The Balaban J connectivity index is 1.65. The van der Waals surface area contributed by atoms with E-state index in [2.05, 4.69) is 12.2 Å². The Morgan fingerprint density at radius 2 is 1.96 bits per heavy atom. The highest BCUT2D eigenvalue weighted by molar-refractivity contribution is 6.22. The Bertz CT molecular complexity index is 741. The van der Waals surface area contributed by atoms with Crippen molar-refractivity contribution in [3.8, 4) is 0 Å². The van der Waals surface area contributed by atoms with Gasteiger partial charge in [-0.1, -0.05) is 31.9 Å². The van der Waals surface area contributed by atoms with Crippen molar-refractivity contribution in [2.24, 2.45) is 29.6 Å². The topological polar surface area (TPSA) is 83.9 Å². The number of Topliss-reactive ketones (excluding diaryl/α,β-unsaturated/α-hetero) is 1. The van der Waals surface area contributed by atoms with Crippen LogP contribution in [0.15, 0.2) is 23.8 Å². The highest BCUT2D eigenvalue weighted by Gasteiger charge is 2.58. The summed E-state index contributed by atoms with van der Waals surface area (Å²) in [5.74, 6) is -1.57. The lowest BCUT2D eigenvalue weighted by Crippen LogP contribution is -2.47. The van der Waals surface area contributed by atoms with Gasteiger partial charge in [-0.05, 0) is 43.1 Å². The molecule has 1 saturated heterocycles. The van der Waals surface area contributed by atoms with Crippen LogP contribution < -0.4 is 0 Å². The van der Waals surface area contributed by atoms with Crippen molar-refractivity contribution in [3.63, 3.8) is 0 Å². The lowest BCUT2D eigenvalue weighted by atomic mass is 9.63. The Labute approximate surface area is 159 Å². The summed E-state index contributed by atoms with van der Waals surface area (Å²) >= 11 is 0. The summed E-state index contributed by atoms with van der Waals surface area (Å²) in [6.07, 6.45) is 10.4. The Hall–Kier alpha value is -1.95. The summed E-state index contributed by atoms with van der Waals surface area (Å²) in [5, 5.41) is 11.0. The zero-order valence-electron chi connectivity index (χ0n) is 15.9. The van der Waals surface area contributed by atoms with Crippen LogP contribution in [0.1, 0.15) is 39.0 Å². The van der Waals surface area contributed by atoms with Gasteiger partial charge in [0.1, 0.15) is 5.92 Å². The predicted molar refractivity (Wildman–Crippen MR) is 97.1 cm³/mol. The molecule has 1 amide bonds. The molecule has 0 aromatic carbocycles. The van der Waals surface area contributed by atoms with Gasteiger partial charge in [0.2, 0.25) is 0 Å². The number of amides is 1. The van der Waals surface area contributed by atoms with E-state index < -0.39 is 23.5 Å². The number of rotatable bonds is 3. The third-order valence-electron chi connectivity index (χ3n) is 7.04. The summed E-state index contributed by atoms with van der Waals surface area (Å²) in [5.41, 5.74) is -1.70. The second-order valence-electron chi connectivity index (χ2n) is 8.41. The first-order valence-electron chi connectivity index (χ1n) is 9.96. The van der Waals surface area contributed by atoms with Crippen molar-refractivity contribution in [2.45, 2.75) is 44.8 Å². The molecule has 0 aromatic rings. The van der Waals surface area contributed by atoms with E-state index in [0.29, 0.717) is 12.3 Å². The molecule has 6 atom stereocenters. The molecule has 6 heteroatoms. The van der Waals surface area contributed by atoms with E-state index >= 15 is 0 Å². The molecular weight excluding hydrogens is 346 g/mol. The smallest absolute Gasteiger partial charge is 0.314 e. The largest absolute Gasteiger partial charge is 0.469 e. The van der Waals surface area contributed by atoms with Crippen molar-refractivity contribution >= 4 is 17.7 Å². The fourth-order valence-corrected chi connectivity index (χ4v) is 5.62. The number of ketones is 1. The van der Waals surface area contributed by atoms with Gasteiger partial charge in [-0.2, -0.15) is 0 Å². The molecule has 2 heterocycles. The van der Waals surface area contributed by atoms with Gasteiger partial charge >= 0.3 is 5.97 Å². The highest BCUT2D eigenvalue weighted by atomic mass is 16.5. The quantitative estimate of drug-likeness (QED) is 0.464. The average Bonchev–Trinajstić information content (AvgIpc) is 3.13.